The van der Waals surface area contributed by atoms with Crippen molar-refractivity contribution in [1.29, 1.82) is 0 Å². The van der Waals surface area contributed by atoms with Gasteiger partial charge in [-0.05, 0) is 31.9 Å². The van der Waals surface area contributed by atoms with Crippen LogP contribution in [0.25, 0.3) is 0 Å². The van der Waals surface area contributed by atoms with Gasteiger partial charge < -0.3 is 4.74 Å². The minimum absolute atomic E-state index is 0.00618. The van der Waals surface area contributed by atoms with Gasteiger partial charge in [-0.1, -0.05) is 31.0 Å². The molecule has 1 saturated carbocycles. The number of carbonyl (C=O) groups is 2. The maximum atomic E-state index is 13.0. The highest BCUT2D eigenvalue weighted by Crippen LogP contribution is 2.28. The number of esters is 1. The second-order valence-corrected chi connectivity index (χ2v) is 6.47. The zero-order chi connectivity index (χ0) is 17.8. The van der Waals surface area contributed by atoms with Crippen molar-refractivity contribution < 1.29 is 14.3 Å². The molecule has 1 atom stereocenters. The Bertz CT molecular complexity index is 706. The van der Waals surface area contributed by atoms with Gasteiger partial charge in [0, 0.05) is 11.8 Å². The van der Waals surface area contributed by atoms with Crippen molar-refractivity contribution in [1.82, 2.24) is 0 Å². The number of benzene rings is 1. The molecule has 1 aliphatic carbocycles. The Morgan fingerprint density at radius 2 is 1.96 bits per heavy atom. The molecule has 25 heavy (non-hydrogen) atoms. The number of carbonyl (C=O) groups excluding carboxylic acids is 2. The van der Waals surface area contributed by atoms with Crippen LogP contribution in [0.4, 0.5) is 5.69 Å². The molecule has 1 fully saturated rings. The standard InChI is InChI=1S/C19H23N3O3/c1-13(20-14-8-6-7-9-14)18-16(12-17(23)25-2)21-22(19(18)24)15-10-4-3-5-11-15/h3-5,10-11,14,18H,6-9,12H2,1-2H3. The average molecular weight is 341 g/mol. The predicted octanol–water partition coefficient (Wildman–Crippen LogP) is 2.97. The van der Waals surface area contributed by atoms with Gasteiger partial charge in [-0.2, -0.15) is 10.1 Å². The lowest BCUT2D eigenvalue weighted by molar-refractivity contribution is -0.139. The average Bonchev–Trinajstić information content (AvgIpc) is 3.23. The lowest BCUT2D eigenvalue weighted by Gasteiger charge is -2.15. The first kappa shape index (κ1) is 17.3. The van der Waals surface area contributed by atoms with Crippen LogP contribution in [0.5, 0.6) is 0 Å². The maximum absolute atomic E-state index is 13.0. The summed E-state index contributed by atoms with van der Waals surface area (Å²) >= 11 is 0. The first-order valence-electron chi connectivity index (χ1n) is 8.67. The smallest absolute Gasteiger partial charge is 0.311 e. The van der Waals surface area contributed by atoms with Crippen molar-refractivity contribution >= 4 is 29.0 Å². The number of rotatable bonds is 5. The second-order valence-electron chi connectivity index (χ2n) is 6.47. The van der Waals surface area contributed by atoms with Crippen LogP contribution in [0, 0.1) is 5.92 Å². The molecule has 1 heterocycles. The van der Waals surface area contributed by atoms with E-state index in [4.69, 9.17) is 9.73 Å². The molecule has 1 aromatic carbocycles. The van der Waals surface area contributed by atoms with Crippen LogP contribution < -0.4 is 5.01 Å². The second kappa shape index (κ2) is 7.59. The molecule has 0 spiro atoms. The van der Waals surface area contributed by atoms with E-state index in [2.05, 4.69) is 5.10 Å². The summed E-state index contributed by atoms with van der Waals surface area (Å²) in [5, 5.41) is 5.79. The number of hydrogen-bond acceptors (Lipinski definition) is 5. The summed E-state index contributed by atoms with van der Waals surface area (Å²) in [6.07, 6.45) is 4.47. The Hall–Kier alpha value is -2.50. The summed E-state index contributed by atoms with van der Waals surface area (Å²) in [4.78, 5) is 29.5. The van der Waals surface area contributed by atoms with E-state index in [9.17, 15) is 9.59 Å². The van der Waals surface area contributed by atoms with Crippen molar-refractivity contribution in [2.45, 2.75) is 45.1 Å². The molecule has 1 aromatic rings. The zero-order valence-electron chi connectivity index (χ0n) is 14.6. The Labute approximate surface area is 147 Å². The summed E-state index contributed by atoms with van der Waals surface area (Å²) in [5.41, 5.74) is 1.92. The Morgan fingerprint density at radius 3 is 2.60 bits per heavy atom. The highest BCUT2D eigenvalue weighted by atomic mass is 16.5. The Morgan fingerprint density at radius 1 is 1.28 bits per heavy atom. The molecule has 132 valence electrons. The quantitative estimate of drug-likeness (QED) is 0.610. The molecule has 0 saturated heterocycles. The van der Waals surface area contributed by atoms with Crippen LogP contribution in [-0.2, 0) is 14.3 Å². The minimum Gasteiger partial charge on any atom is -0.469 e. The number of hydrazone groups is 1. The van der Waals surface area contributed by atoms with Crippen LogP contribution in [0.3, 0.4) is 0 Å². The fourth-order valence-corrected chi connectivity index (χ4v) is 3.43. The van der Waals surface area contributed by atoms with E-state index in [0.29, 0.717) is 11.4 Å². The normalized spacial score (nSPS) is 21.6. The lowest BCUT2D eigenvalue weighted by Crippen LogP contribution is -2.33. The van der Waals surface area contributed by atoms with E-state index >= 15 is 0 Å². The van der Waals surface area contributed by atoms with Gasteiger partial charge in [0.1, 0.15) is 5.92 Å². The van der Waals surface area contributed by atoms with Gasteiger partial charge in [-0.25, -0.2) is 0 Å². The number of ether oxygens (including phenoxy) is 1. The Balaban J connectivity index is 1.90. The summed E-state index contributed by atoms with van der Waals surface area (Å²) in [7, 11) is 1.34. The molecule has 0 N–H and O–H groups in total. The van der Waals surface area contributed by atoms with E-state index in [1.54, 1.807) is 0 Å². The summed E-state index contributed by atoms with van der Waals surface area (Å²) < 4.78 is 4.76. The van der Waals surface area contributed by atoms with Crippen LogP contribution >= 0.6 is 0 Å². The number of hydrogen-bond donors (Lipinski definition) is 0. The number of nitrogens with zero attached hydrogens (tertiary/aromatic N) is 3. The molecule has 0 aromatic heterocycles. The first-order valence-corrected chi connectivity index (χ1v) is 8.67. The van der Waals surface area contributed by atoms with Crippen molar-refractivity contribution in [3.8, 4) is 0 Å². The molecule has 0 bridgehead atoms. The molecule has 0 radical (unpaired) electrons. The number of aliphatic imine (C=N–C) groups is 1. The maximum Gasteiger partial charge on any atom is 0.311 e. The predicted molar refractivity (Wildman–Crippen MR) is 96.9 cm³/mol. The molecule has 6 heteroatoms. The molecule has 1 amide bonds. The van der Waals surface area contributed by atoms with Crippen LogP contribution in [0.2, 0.25) is 0 Å². The Kier molecular flexibility index (Phi) is 5.26. The third-order valence-corrected chi connectivity index (χ3v) is 4.70. The molecule has 1 aliphatic heterocycles. The highest BCUT2D eigenvalue weighted by molar-refractivity contribution is 6.30. The number of para-hydroxylation sites is 1. The van der Waals surface area contributed by atoms with Crippen molar-refractivity contribution in [2.24, 2.45) is 16.0 Å². The topological polar surface area (TPSA) is 71.3 Å². The van der Waals surface area contributed by atoms with Gasteiger partial charge in [0.15, 0.2) is 0 Å². The number of amides is 1. The third kappa shape index (κ3) is 3.78. The van der Waals surface area contributed by atoms with E-state index < -0.39 is 11.9 Å². The van der Waals surface area contributed by atoms with E-state index in [1.807, 2.05) is 37.3 Å². The minimum atomic E-state index is -0.583. The van der Waals surface area contributed by atoms with Crippen molar-refractivity contribution in [3.05, 3.63) is 30.3 Å². The summed E-state index contributed by atoms with van der Waals surface area (Å²) in [6, 6.07) is 9.51. The van der Waals surface area contributed by atoms with Crippen molar-refractivity contribution in [3.63, 3.8) is 0 Å². The van der Waals surface area contributed by atoms with Gasteiger partial charge >= 0.3 is 5.97 Å². The van der Waals surface area contributed by atoms with Crippen molar-refractivity contribution in [2.75, 3.05) is 12.1 Å². The van der Waals surface area contributed by atoms with Gasteiger partial charge in [0.25, 0.3) is 5.91 Å². The van der Waals surface area contributed by atoms with Crippen LogP contribution in [0.15, 0.2) is 40.4 Å². The van der Waals surface area contributed by atoms with E-state index in [0.717, 1.165) is 18.6 Å². The zero-order valence-corrected chi connectivity index (χ0v) is 14.6. The summed E-state index contributed by atoms with van der Waals surface area (Å²) in [5.74, 6) is -1.15. The molecule has 2 aliphatic rings. The largest absolute Gasteiger partial charge is 0.469 e. The number of methoxy groups -OCH3 is 1. The highest BCUT2D eigenvalue weighted by Gasteiger charge is 2.39. The lowest BCUT2D eigenvalue weighted by atomic mass is 9.95. The van der Waals surface area contributed by atoms with Crippen LogP contribution in [-0.4, -0.2) is 36.5 Å². The first-order chi connectivity index (χ1) is 12.1. The molecular weight excluding hydrogens is 318 g/mol. The number of anilines is 1. The van der Waals surface area contributed by atoms with Gasteiger partial charge in [0.05, 0.1) is 24.9 Å². The van der Waals surface area contributed by atoms with Crippen LogP contribution in [0.1, 0.15) is 39.0 Å². The SMILES string of the molecule is COC(=O)CC1=NN(c2ccccc2)C(=O)C1C(C)=NC1CCCC1. The third-order valence-electron chi connectivity index (χ3n) is 4.70. The molecule has 1 unspecified atom stereocenters. The monoisotopic (exact) mass is 341 g/mol. The van der Waals surface area contributed by atoms with E-state index in [1.165, 1.54) is 25.0 Å². The van der Waals surface area contributed by atoms with Gasteiger partial charge in [0.2, 0.25) is 0 Å². The van der Waals surface area contributed by atoms with E-state index in [-0.39, 0.29) is 18.4 Å². The van der Waals surface area contributed by atoms with Gasteiger partial charge in [-0.3, -0.25) is 14.6 Å². The fourth-order valence-electron chi connectivity index (χ4n) is 3.43. The van der Waals surface area contributed by atoms with Gasteiger partial charge in [-0.15, -0.1) is 0 Å². The summed E-state index contributed by atoms with van der Waals surface area (Å²) in [6.45, 7) is 1.86. The molecule has 3 rings (SSSR count). The fraction of sp³-hybridized carbons (Fsp3) is 0.474. The molecular formula is C19H23N3O3. The molecule has 6 nitrogen and oxygen atoms in total.